The molecule has 0 aliphatic rings. The highest BCUT2D eigenvalue weighted by Crippen LogP contribution is 2.19. The van der Waals surface area contributed by atoms with Crippen molar-refractivity contribution in [3.05, 3.63) is 29.8 Å². The van der Waals surface area contributed by atoms with Gasteiger partial charge < -0.3 is 15.4 Å². The van der Waals surface area contributed by atoms with E-state index in [0.717, 1.165) is 12.0 Å². The molecule has 0 aromatic heterocycles. The zero-order valence-electron chi connectivity index (χ0n) is 14.7. The van der Waals surface area contributed by atoms with Crippen molar-refractivity contribution in [1.29, 1.82) is 0 Å². The van der Waals surface area contributed by atoms with E-state index in [2.05, 4.69) is 24.5 Å². The molecule has 5 nitrogen and oxygen atoms in total. The fraction of sp³-hybridized carbons (Fsp3) is 0.556. The molecule has 2 amide bonds. The highest BCUT2D eigenvalue weighted by atomic mass is 16.5. The van der Waals surface area contributed by atoms with Crippen molar-refractivity contribution < 1.29 is 14.3 Å². The smallest absolute Gasteiger partial charge is 0.235 e. The average Bonchev–Trinajstić information content (AvgIpc) is 2.52. The highest BCUT2D eigenvalue weighted by Gasteiger charge is 2.35. The van der Waals surface area contributed by atoms with E-state index in [-0.39, 0.29) is 11.8 Å². The SMILES string of the molecule is COc1ccccc1CNC(=O)C(C)(C)C(=O)NCCC(C)C. The van der Waals surface area contributed by atoms with Crippen molar-refractivity contribution in [1.82, 2.24) is 10.6 Å². The first-order valence-electron chi connectivity index (χ1n) is 7.97. The quantitative estimate of drug-likeness (QED) is 0.723. The Labute approximate surface area is 138 Å². The number of amides is 2. The summed E-state index contributed by atoms with van der Waals surface area (Å²) in [7, 11) is 1.59. The Balaban J connectivity index is 2.59. The van der Waals surface area contributed by atoms with Crippen LogP contribution in [0.3, 0.4) is 0 Å². The zero-order valence-corrected chi connectivity index (χ0v) is 14.7. The molecule has 0 spiro atoms. The third-order valence-corrected chi connectivity index (χ3v) is 3.77. The lowest BCUT2D eigenvalue weighted by atomic mass is 9.90. The van der Waals surface area contributed by atoms with Crippen molar-refractivity contribution in [2.24, 2.45) is 11.3 Å². The molecule has 0 saturated carbocycles. The number of carbonyl (C=O) groups is 2. The lowest BCUT2D eigenvalue weighted by molar-refractivity contribution is -0.141. The summed E-state index contributed by atoms with van der Waals surface area (Å²) in [5, 5.41) is 5.65. The summed E-state index contributed by atoms with van der Waals surface area (Å²) >= 11 is 0. The van der Waals surface area contributed by atoms with Crippen LogP contribution in [0.5, 0.6) is 5.75 Å². The molecule has 0 unspecified atom stereocenters. The minimum absolute atomic E-state index is 0.254. The third-order valence-electron chi connectivity index (χ3n) is 3.77. The molecule has 0 heterocycles. The number of rotatable bonds is 8. The molecule has 5 heteroatoms. The van der Waals surface area contributed by atoms with Gasteiger partial charge in [0.25, 0.3) is 0 Å². The summed E-state index contributed by atoms with van der Waals surface area (Å²) in [5.74, 6) is 0.672. The Morgan fingerprint density at radius 2 is 1.74 bits per heavy atom. The van der Waals surface area contributed by atoms with Crippen LogP contribution in [0.2, 0.25) is 0 Å². The molecule has 0 aliphatic carbocycles. The normalized spacial score (nSPS) is 11.2. The van der Waals surface area contributed by atoms with Gasteiger partial charge in [0.2, 0.25) is 11.8 Å². The monoisotopic (exact) mass is 320 g/mol. The Bertz CT molecular complexity index is 539. The van der Waals surface area contributed by atoms with E-state index in [1.54, 1.807) is 21.0 Å². The van der Waals surface area contributed by atoms with Crippen LogP contribution in [0.1, 0.15) is 39.7 Å². The molecule has 0 bridgehead atoms. The minimum Gasteiger partial charge on any atom is -0.496 e. The van der Waals surface area contributed by atoms with Crippen molar-refractivity contribution in [2.75, 3.05) is 13.7 Å². The van der Waals surface area contributed by atoms with E-state index >= 15 is 0 Å². The highest BCUT2D eigenvalue weighted by molar-refractivity contribution is 6.04. The van der Waals surface area contributed by atoms with E-state index in [4.69, 9.17) is 4.74 Å². The van der Waals surface area contributed by atoms with Crippen molar-refractivity contribution in [3.8, 4) is 5.75 Å². The van der Waals surface area contributed by atoms with Crippen LogP contribution in [0.15, 0.2) is 24.3 Å². The molecule has 2 N–H and O–H groups in total. The van der Waals surface area contributed by atoms with Gasteiger partial charge in [-0.1, -0.05) is 32.0 Å². The molecule has 0 fully saturated rings. The molecule has 0 atom stereocenters. The Kier molecular flexibility index (Phi) is 7.07. The number of hydrogen-bond acceptors (Lipinski definition) is 3. The number of nitrogens with one attached hydrogen (secondary N) is 2. The molecule has 23 heavy (non-hydrogen) atoms. The molecular weight excluding hydrogens is 292 g/mol. The van der Waals surface area contributed by atoms with Crippen molar-refractivity contribution in [3.63, 3.8) is 0 Å². The van der Waals surface area contributed by atoms with Gasteiger partial charge in [-0.3, -0.25) is 9.59 Å². The van der Waals surface area contributed by atoms with Gasteiger partial charge in [0.05, 0.1) is 7.11 Å². The fourth-order valence-electron chi connectivity index (χ4n) is 2.04. The average molecular weight is 320 g/mol. The van der Waals surface area contributed by atoms with Gasteiger partial charge in [-0.2, -0.15) is 0 Å². The standard InChI is InChI=1S/C18H28N2O3/c1-13(2)10-11-19-16(21)18(3,4)17(22)20-12-14-8-6-7-9-15(14)23-5/h6-9,13H,10-12H2,1-5H3,(H,19,21)(H,20,22). The lowest BCUT2D eigenvalue weighted by Gasteiger charge is -2.23. The number of methoxy groups -OCH3 is 1. The zero-order chi connectivity index (χ0) is 17.5. The number of benzene rings is 1. The Hall–Kier alpha value is -2.04. The minimum atomic E-state index is -1.11. The number of ether oxygens (including phenoxy) is 1. The van der Waals surface area contributed by atoms with Gasteiger partial charge in [0, 0.05) is 18.7 Å². The van der Waals surface area contributed by atoms with Crippen LogP contribution in [0.25, 0.3) is 0 Å². The van der Waals surface area contributed by atoms with Gasteiger partial charge in [0.15, 0.2) is 0 Å². The van der Waals surface area contributed by atoms with E-state index in [9.17, 15) is 9.59 Å². The Morgan fingerprint density at radius 1 is 1.13 bits per heavy atom. The van der Waals surface area contributed by atoms with Gasteiger partial charge in [0.1, 0.15) is 11.2 Å². The second-order valence-corrected chi connectivity index (χ2v) is 6.56. The maximum absolute atomic E-state index is 12.4. The fourth-order valence-corrected chi connectivity index (χ4v) is 2.04. The topological polar surface area (TPSA) is 67.4 Å². The maximum Gasteiger partial charge on any atom is 0.235 e. The second kappa shape index (κ2) is 8.56. The number of carbonyl (C=O) groups excluding carboxylic acids is 2. The van der Waals surface area contributed by atoms with Crippen LogP contribution >= 0.6 is 0 Å². The van der Waals surface area contributed by atoms with Gasteiger partial charge in [-0.05, 0) is 32.3 Å². The predicted octanol–water partition coefficient (Wildman–Crippen LogP) is 2.50. The second-order valence-electron chi connectivity index (χ2n) is 6.56. The maximum atomic E-state index is 12.4. The van der Waals surface area contributed by atoms with E-state index < -0.39 is 5.41 Å². The summed E-state index contributed by atoms with van der Waals surface area (Å²) in [6.07, 6.45) is 0.894. The van der Waals surface area contributed by atoms with Crippen LogP contribution in [-0.4, -0.2) is 25.5 Å². The molecule has 1 aromatic rings. The predicted molar refractivity (Wildman–Crippen MR) is 91.1 cm³/mol. The van der Waals surface area contributed by atoms with E-state index in [0.29, 0.717) is 24.8 Å². The van der Waals surface area contributed by atoms with Crippen molar-refractivity contribution >= 4 is 11.8 Å². The van der Waals surface area contributed by atoms with Crippen LogP contribution < -0.4 is 15.4 Å². The van der Waals surface area contributed by atoms with E-state index in [1.165, 1.54) is 0 Å². The lowest BCUT2D eigenvalue weighted by Crippen LogP contribution is -2.48. The van der Waals surface area contributed by atoms with Crippen LogP contribution in [-0.2, 0) is 16.1 Å². The largest absolute Gasteiger partial charge is 0.496 e. The summed E-state index contributed by atoms with van der Waals surface area (Å²) in [4.78, 5) is 24.6. The molecule has 128 valence electrons. The van der Waals surface area contributed by atoms with Gasteiger partial charge in [-0.15, -0.1) is 0 Å². The molecule has 0 saturated heterocycles. The molecule has 1 aromatic carbocycles. The summed E-state index contributed by atoms with van der Waals surface area (Å²) in [5.41, 5.74) is -0.238. The number of hydrogen-bond donors (Lipinski definition) is 2. The first kappa shape index (κ1) is 19.0. The Morgan fingerprint density at radius 3 is 2.35 bits per heavy atom. The van der Waals surface area contributed by atoms with Gasteiger partial charge >= 0.3 is 0 Å². The summed E-state index contributed by atoms with van der Waals surface area (Å²) < 4.78 is 5.26. The van der Waals surface area contributed by atoms with Crippen LogP contribution in [0, 0.1) is 11.3 Å². The molecule has 1 rings (SSSR count). The summed E-state index contributed by atoms with van der Waals surface area (Å²) in [6, 6.07) is 7.48. The first-order valence-corrected chi connectivity index (χ1v) is 7.97. The van der Waals surface area contributed by atoms with E-state index in [1.807, 2.05) is 24.3 Å². The first-order chi connectivity index (χ1) is 10.8. The van der Waals surface area contributed by atoms with Gasteiger partial charge in [-0.25, -0.2) is 0 Å². The summed E-state index contributed by atoms with van der Waals surface area (Å²) in [6.45, 7) is 8.37. The molecule has 0 radical (unpaired) electrons. The third kappa shape index (κ3) is 5.58. The number of para-hydroxylation sites is 1. The molecule has 0 aliphatic heterocycles. The molecular formula is C18H28N2O3. The van der Waals surface area contributed by atoms with Crippen molar-refractivity contribution in [2.45, 2.75) is 40.7 Å². The van der Waals surface area contributed by atoms with Crippen LogP contribution in [0.4, 0.5) is 0 Å².